The first-order valence-corrected chi connectivity index (χ1v) is 4.85. The van der Waals surface area contributed by atoms with Gasteiger partial charge in [0.05, 0.1) is 12.7 Å². The largest absolute Gasteiger partial charge is 0.465 e. The second kappa shape index (κ2) is 4.78. The molecular formula is C13H15O2. The van der Waals surface area contributed by atoms with Gasteiger partial charge in [-0.15, -0.1) is 0 Å². The van der Waals surface area contributed by atoms with Crippen LogP contribution in [0.3, 0.4) is 0 Å². The molecule has 15 heavy (non-hydrogen) atoms. The van der Waals surface area contributed by atoms with Crippen molar-refractivity contribution < 1.29 is 9.53 Å². The smallest absolute Gasteiger partial charge is 0.337 e. The van der Waals surface area contributed by atoms with Gasteiger partial charge in [-0.1, -0.05) is 26.5 Å². The van der Waals surface area contributed by atoms with Gasteiger partial charge in [0, 0.05) is 0 Å². The average molecular weight is 203 g/mol. The summed E-state index contributed by atoms with van der Waals surface area (Å²) < 4.78 is 4.68. The van der Waals surface area contributed by atoms with Crippen molar-refractivity contribution in [1.82, 2.24) is 0 Å². The van der Waals surface area contributed by atoms with Crippen LogP contribution in [0.1, 0.15) is 41.3 Å². The number of carbonyl (C=O) groups excluding carboxylic acids is 1. The molecule has 79 valence electrons. The van der Waals surface area contributed by atoms with Crippen LogP contribution in [0.15, 0.2) is 24.8 Å². The van der Waals surface area contributed by atoms with Crippen LogP contribution in [0.2, 0.25) is 0 Å². The fraction of sp³-hybridized carbons (Fsp3) is 0.308. The molecule has 0 aliphatic heterocycles. The summed E-state index contributed by atoms with van der Waals surface area (Å²) in [5, 5.41) is 0. The van der Waals surface area contributed by atoms with Gasteiger partial charge < -0.3 is 4.74 Å². The summed E-state index contributed by atoms with van der Waals surface area (Å²) in [6.07, 6.45) is 2.78. The summed E-state index contributed by atoms with van der Waals surface area (Å²) in [6.45, 7) is 7.73. The molecule has 0 atom stereocenters. The van der Waals surface area contributed by atoms with Gasteiger partial charge in [0.1, 0.15) is 0 Å². The van der Waals surface area contributed by atoms with E-state index in [0.717, 1.165) is 11.1 Å². The Hall–Kier alpha value is -1.57. The third-order valence-electron chi connectivity index (χ3n) is 2.25. The maximum absolute atomic E-state index is 11.4. The van der Waals surface area contributed by atoms with E-state index < -0.39 is 0 Å². The molecule has 1 radical (unpaired) electrons. The van der Waals surface area contributed by atoms with Gasteiger partial charge in [0.25, 0.3) is 0 Å². The van der Waals surface area contributed by atoms with Crippen LogP contribution in [0, 0.1) is 6.08 Å². The SMILES string of the molecule is C=[C]c1cc(C(=O)OC)cc(C(C)C)c1. The molecule has 1 rings (SSSR count). The zero-order valence-corrected chi connectivity index (χ0v) is 9.33. The lowest BCUT2D eigenvalue weighted by Crippen LogP contribution is -2.03. The monoisotopic (exact) mass is 203 g/mol. The second-order valence-corrected chi connectivity index (χ2v) is 3.67. The maximum Gasteiger partial charge on any atom is 0.337 e. The van der Waals surface area contributed by atoms with Crippen LogP contribution >= 0.6 is 0 Å². The van der Waals surface area contributed by atoms with Gasteiger partial charge in [-0.25, -0.2) is 4.79 Å². The highest BCUT2D eigenvalue weighted by atomic mass is 16.5. The van der Waals surface area contributed by atoms with Gasteiger partial charge in [0.2, 0.25) is 0 Å². The van der Waals surface area contributed by atoms with Crippen molar-refractivity contribution in [3.63, 3.8) is 0 Å². The molecule has 0 fully saturated rings. The molecule has 0 unspecified atom stereocenters. The fourth-order valence-electron chi connectivity index (χ4n) is 1.32. The van der Waals surface area contributed by atoms with E-state index in [0.29, 0.717) is 11.5 Å². The van der Waals surface area contributed by atoms with E-state index in [1.54, 1.807) is 6.07 Å². The number of ether oxygens (including phenoxy) is 1. The molecule has 0 N–H and O–H groups in total. The molecule has 0 amide bonds. The van der Waals surface area contributed by atoms with E-state index in [9.17, 15) is 4.79 Å². The van der Waals surface area contributed by atoms with Gasteiger partial charge in [-0.3, -0.25) is 0 Å². The molecule has 1 aromatic carbocycles. The zero-order chi connectivity index (χ0) is 11.4. The van der Waals surface area contributed by atoms with Gasteiger partial charge >= 0.3 is 5.97 Å². The molecule has 2 nitrogen and oxygen atoms in total. The summed E-state index contributed by atoms with van der Waals surface area (Å²) in [5.74, 6) is 0.0377. The standard InChI is InChI=1S/C13H15O2/c1-5-10-6-11(9(2)3)8-12(7-10)13(14)15-4/h6-9H,1H2,2-4H3. The molecule has 0 aliphatic carbocycles. The van der Waals surface area contributed by atoms with Crippen molar-refractivity contribution in [2.75, 3.05) is 7.11 Å². The topological polar surface area (TPSA) is 26.3 Å². The Labute approximate surface area is 90.6 Å². The summed E-state index contributed by atoms with van der Waals surface area (Å²) in [4.78, 5) is 11.4. The molecule has 0 saturated carbocycles. The van der Waals surface area contributed by atoms with Crippen LogP contribution in [-0.2, 0) is 4.74 Å². The Morgan fingerprint density at radius 1 is 1.40 bits per heavy atom. The predicted octanol–water partition coefficient (Wildman–Crippen LogP) is 2.93. The Morgan fingerprint density at radius 3 is 2.53 bits per heavy atom. The van der Waals surface area contributed by atoms with E-state index in [4.69, 9.17) is 0 Å². The van der Waals surface area contributed by atoms with Crippen LogP contribution in [0.25, 0.3) is 0 Å². The van der Waals surface area contributed by atoms with Crippen molar-refractivity contribution in [2.45, 2.75) is 19.8 Å². The third kappa shape index (κ3) is 2.69. The molecule has 0 aromatic heterocycles. The summed E-state index contributed by atoms with van der Waals surface area (Å²) >= 11 is 0. The number of benzene rings is 1. The lowest BCUT2D eigenvalue weighted by molar-refractivity contribution is 0.0600. The molecule has 0 heterocycles. The van der Waals surface area contributed by atoms with Crippen molar-refractivity contribution in [3.8, 4) is 0 Å². The molecule has 0 bridgehead atoms. The van der Waals surface area contributed by atoms with E-state index in [2.05, 4.69) is 31.2 Å². The zero-order valence-electron chi connectivity index (χ0n) is 9.33. The van der Waals surface area contributed by atoms with E-state index in [1.165, 1.54) is 7.11 Å². The quantitative estimate of drug-likeness (QED) is 0.706. The first kappa shape index (κ1) is 11.5. The first-order valence-electron chi connectivity index (χ1n) is 4.85. The molecule has 1 aromatic rings. The Bertz CT molecular complexity index is 378. The van der Waals surface area contributed by atoms with Crippen LogP contribution < -0.4 is 0 Å². The molecule has 2 heteroatoms. The number of methoxy groups -OCH3 is 1. The third-order valence-corrected chi connectivity index (χ3v) is 2.25. The Morgan fingerprint density at radius 2 is 2.07 bits per heavy atom. The minimum atomic E-state index is -0.325. The summed E-state index contributed by atoms with van der Waals surface area (Å²) in [5.41, 5.74) is 2.46. The molecule has 0 saturated heterocycles. The summed E-state index contributed by atoms with van der Waals surface area (Å²) in [7, 11) is 1.38. The van der Waals surface area contributed by atoms with E-state index in [1.807, 2.05) is 12.1 Å². The van der Waals surface area contributed by atoms with Gasteiger partial charge in [-0.05, 0) is 35.3 Å². The van der Waals surface area contributed by atoms with Crippen molar-refractivity contribution >= 4 is 5.97 Å². The Balaban J connectivity index is 3.22. The highest BCUT2D eigenvalue weighted by molar-refractivity contribution is 5.89. The van der Waals surface area contributed by atoms with E-state index >= 15 is 0 Å². The lowest BCUT2D eigenvalue weighted by Gasteiger charge is -2.09. The maximum atomic E-state index is 11.4. The van der Waals surface area contributed by atoms with Crippen LogP contribution in [0.4, 0.5) is 0 Å². The van der Waals surface area contributed by atoms with E-state index in [-0.39, 0.29) is 5.97 Å². The number of carbonyl (C=O) groups is 1. The Kier molecular flexibility index (Phi) is 3.67. The molecular weight excluding hydrogens is 188 g/mol. The fourth-order valence-corrected chi connectivity index (χ4v) is 1.32. The predicted molar refractivity (Wildman–Crippen MR) is 59.8 cm³/mol. The van der Waals surface area contributed by atoms with Gasteiger partial charge in [0.15, 0.2) is 0 Å². The minimum Gasteiger partial charge on any atom is -0.465 e. The van der Waals surface area contributed by atoms with Crippen molar-refractivity contribution in [3.05, 3.63) is 47.5 Å². The summed E-state index contributed by atoms with van der Waals surface area (Å²) in [6, 6.07) is 5.55. The van der Waals surface area contributed by atoms with Crippen LogP contribution in [-0.4, -0.2) is 13.1 Å². The first-order chi connectivity index (χ1) is 7.08. The highest BCUT2D eigenvalue weighted by Gasteiger charge is 2.09. The number of rotatable bonds is 3. The van der Waals surface area contributed by atoms with Crippen molar-refractivity contribution in [2.24, 2.45) is 0 Å². The molecule has 0 aliphatic rings. The normalized spacial score (nSPS) is 10.1. The molecule has 0 spiro atoms. The van der Waals surface area contributed by atoms with Gasteiger partial charge in [-0.2, -0.15) is 0 Å². The number of hydrogen-bond acceptors (Lipinski definition) is 2. The number of hydrogen-bond donors (Lipinski definition) is 0. The average Bonchev–Trinajstić information content (AvgIpc) is 2.27. The second-order valence-electron chi connectivity index (χ2n) is 3.67. The highest BCUT2D eigenvalue weighted by Crippen LogP contribution is 2.19. The number of esters is 1. The lowest BCUT2D eigenvalue weighted by atomic mass is 9.98. The minimum absolute atomic E-state index is 0.325. The van der Waals surface area contributed by atoms with Crippen molar-refractivity contribution in [1.29, 1.82) is 0 Å². The van der Waals surface area contributed by atoms with Crippen LogP contribution in [0.5, 0.6) is 0 Å².